The van der Waals surface area contributed by atoms with Crippen LogP contribution >= 0.6 is 11.3 Å². The summed E-state index contributed by atoms with van der Waals surface area (Å²) in [6.07, 6.45) is 2.46. The number of rotatable bonds is 2. The third kappa shape index (κ3) is 1.70. The largest absolute Gasteiger partial charge is 0.481 e. The number of ketones is 1. The normalized spacial score (nSPS) is 15.3. The summed E-state index contributed by atoms with van der Waals surface area (Å²) >= 11 is 1.47. The van der Waals surface area contributed by atoms with Gasteiger partial charge in [-0.15, -0.1) is 11.3 Å². The van der Waals surface area contributed by atoms with Crippen LogP contribution in [-0.2, 0) is 17.6 Å². The van der Waals surface area contributed by atoms with Gasteiger partial charge in [0.05, 0.1) is 6.42 Å². The Kier molecular flexibility index (Phi) is 2.37. The van der Waals surface area contributed by atoms with Gasteiger partial charge in [-0.1, -0.05) is 0 Å². The highest BCUT2D eigenvalue weighted by Gasteiger charge is 2.20. The molecular formula is C10H10O3S. The number of Topliss-reactive ketones (excluding diaryl/α,β-unsaturated/α-hetero) is 1. The van der Waals surface area contributed by atoms with Gasteiger partial charge in [0.1, 0.15) is 0 Å². The van der Waals surface area contributed by atoms with Crippen LogP contribution in [0.4, 0.5) is 0 Å². The van der Waals surface area contributed by atoms with Gasteiger partial charge in [-0.3, -0.25) is 9.59 Å². The molecule has 0 fully saturated rings. The highest BCUT2D eigenvalue weighted by Crippen LogP contribution is 2.29. The number of thiophene rings is 1. The SMILES string of the molecule is O=C(O)Cc1cc2c(s1)CCCC2=O. The van der Waals surface area contributed by atoms with Crippen LogP contribution in [-0.4, -0.2) is 16.9 Å². The summed E-state index contributed by atoms with van der Waals surface area (Å²) in [5.74, 6) is -0.671. The van der Waals surface area contributed by atoms with Crippen molar-refractivity contribution in [1.29, 1.82) is 0 Å². The van der Waals surface area contributed by atoms with Crippen molar-refractivity contribution in [3.8, 4) is 0 Å². The predicted octanol–water partition coefficient (Wildman–Crippen LogP) is 1.89. The molecule has 1 aromatic heterocycles. The summed E-state index contributed by atoms with van der Waals surface area (Å²) in [5.41, 5.74) is 0.762. The first-order chi connectivity index (χ1) is 6.66. The Morgan fingerprint density at radius 3 is 2.93 bits per heavy atom. The number of carbonyl (C=O) groups excluding carboxylic acids is 1. The van der Waals surface area contributed by atoms with Crippen LogP contribution in [0.1, 0.15) is 33.0 Å². The molecule has 3 nitrogen and oxygen atoms in total. The first kappa shape index (κ1) is 9.40. The first-order valence-corrected chi connectivity index (χ1v) is 5.35. The van der Waals surface area contributed by atoms with Gasteiger partial charge in [0.2, 0.25) is 0 Å². The molecule has 0 unspecified atom stereocenters. The van der Waals surface area contributed by atoms with Gasteiger partial charge in [-0.25, -0.2) is 0 Å². The Bertz CT molecular complexity index is 392. The van der Waals surface area contributed by atoms with Crippen molar-refractivity contribution in [3.05, 3.63) is 21.4 Å². The van der Waals surface area contributed by atoms with Crippen LogP contribution < -0.4 is 0 Å². The van der Waals surface area contributed by atoms with Crippen molar-refractivity contribution in [1.82, 2.24) is 0 Å². The molecule has 1 heterocycles. The lowest BCUT2D eigenvalue weighted by atomic mass is 9.98. The van der Waals surface area contributed by atoms with Gasteiger partial charge >= 0.3 is 5.97 Å². The maximum atomic E-state index is 11.4. The van der Waals surface area contributed by atoms with Crippen molar-refractivity contribution >= 4 is 23.1 Å². The van der Waals surface area contributed by atoms with Gasteiger partial charge in [-0.2, -0.15) is 0 Å². The molecule has 0 bridgehead atoms. The molecule has 0 saturated heterocycles. The minimum Gasteiger partial charge on any atom is -0.481 e. The van der Waals surface area contributed by atoms with Gasteiger partial charge in [-0.05, 0) is 18.9 Å². The third-order valence-electron chi connectivity index (χ3n) is 2.29. The lowest BCUT2D eigenvalue weighted by molar-refractivity contribution is -0.136. The molecule has 0 amide bonds. The van der Waals surface area contributed by atoms with E-state index >= 15 is 0 Å². The molecule has 1 N–H and O–H groups in total. The fraction of sp³-hybridized carbons (Fsp3) is 0.400. The van der Waals surface area contributed by atoms with E-state index in [1.165, 1.54) is 11.3 Å². The van der Waals surface area contributed by atoms with Gasteiger partial charge in [0.25, 0.3) is 0 Å². The summed E-state index contributed by atoms with van der Waals surface area (Å²) in [7, 11) is 0. The van der Waals surface area contributed by atoms with E-state index in [1.54, 1.807) is 6.07 Å². The summed E-state index contributed by atoms with van der Waals surface area (Å²) in [6.45, 7) is 0. The number of carbonyl (C=O) groups is 2. The number of hydrogen-bond donors (Lipinski definition) is 1. The third-order valence-corrected chi connectivity index (χ3v) is 3.49. The second-order valence-corrected chi connectivity index (χ2v) is 4.62. The highest BCUT2D eigenvalue weighted by molar-refractivity contribution is 7.12. The van der Waals surface area contributed by atoms with Crippen LogP contribution in [0.25, 0.3) is 0 Å². The quantitative estimate of drug-likeness (QED) is 0.811. The lowest BCUT2D eigenvalue weighted by Crippen LogP contribution is -2.06. The number of fused-ring (bicyclic) bond motifs is 1. The minimum absolute atomic E-state index is 0.0327. The van der Waals surface area contributed by atoms with E-state index in [0.29, 0.717) is 6.42 Å². The molecule has 2 rings (SSSR count). The topological polar surface area (TPSA) is 54.4 Å². The highest BCUT2D eigenvalue weighted by atomic mass is 32.1. The molecule has 1 aliphatic carbocycles. The van der Waals surface area contributed by atoms with E-state index in [9.17, 15) is 9.59 Å². The Labute approximate surface area is 85.4 Å². The zero-order valence-electron chi connectivity index (χ0n) is 7.58. The summed E-state index contributed by atoms with van der Waals surface area (Å²) < 4.78 is 0. The summed E-state index contributed by atoms with van der Waals surface area (Å²) in [6, 6.07) is 1.75. The number of aryl methyl sites for hydroxylation is 1. The summed E-state index contributed by atoms with van der Waals surface area (Å²) in [4.78, 5) is 23.8. The first-order valence-electron chi connectivity index (χ1n) is 4.53. The zero-order valence-corrected chi connectivity index (χ0v) is 8.39. The van der Waals surface area contributed by atoms with E-state index in [0.717, 1.165) is 28.2 Å². The molecular weight excluding hydrogens is 200 g/mol. The fourth-order valence-corrected chi connectivity index (χ4v) is 2.90. The molecule has 0 spiro atoms. The van der Waals surface area contributed by atoms with Crippen LogP contribution in [0, 0.1) is 0 Å². The van der Waals surface area contributed by atoms with Gasteiger partial charge < -0.3 is 5.11 Å². The molecule has 74 valence electrons. The number of carboxylic acid groups (broad SMARTS) is 1. The van der Waals surface area contributed by atoms with Crippen LogP contribution in [0.3, 0.4) is 0 Å². The average Bonchev–Trinajstić information content (AvgIpc) is 2.47. The molecule has 0 aromatic carbocycles. The Morgan fingerprint density at radius 1 is 1.50 bits per heavy atom. The van der Waals surface area contributed by atoms with Crippen molar-refractivity contribution in [3.63, 3.8) is 0 Å². The van der Waals surface area contributed by atoms with Crippen LogP contribution in [0.2, 0.25) is 0 Å². The number of carboxylic acids is 1. The average molecular weight is 210 g/mol. The number of aliphatic carboxylic acids is 1. The second-order valence-electron chi connectivity index (χ2n) is 3.40. The predicted molar refractivity (Wildman–Crippen MR) is 52.9 cm³/mol. The van der Waals surface area contributed by atoms with Gasteiger partial charge in [0.15, 0.2) is 5.78 Å². The minimum atomic E-state index is -0.837. The fourth-order valence-electron chi connectivity index (χ4n) is 1.69. The molecule has 14 heavy (non-hydrogen) atoms. The molecule has 0 saturated carbocycles. The standard InChI is InChI=1S/C10H10O3S/c11-8-2-1-3-9-7(8)4-6(14-9)5-10(12)13/h4H,1-3,5H2,(H,12,13). The van der Waals surface area contributed by atoms with Crippen LogP contribution in [0.15, 0.2) is 6.07 Å². The molecule has 0 radical (unpaired) electrons. The monoisotopic (exact) mass is 210 g/mol. The van der Waals surface area contributed by atoms with E-state index in [1.807, 2.05) is 0 Å². The van der Waals surface area contributed by atoms with Crippen LogP contribution in [0.5, 0.6) is 0 Å². The summed E-state index contributed by atoms with van der Waals surface area (Å²) in [5, 5.41) is 8.62. The Morgan fingerprint density at radius 2 is 2.29 bits per heavy atom. The molecule has 0 atom stereocenters. The molecule has 4 heteroatoms. The van der Waals surface area contributed by atoms with Crippen molar-refractivity contribution in [2.45, 2.75) is 25.7 Å². The smallest absolute Gasteiger partial charge is 0.308 e. The van der Waals surface area contributed by atoms with E-state index in [-0.39, 0.29) is 12.2 Å². The maximum Gasteiger partial charge on any atom is 0.308 e. The lowest BCUT2D eigenvalue weighted by Gasteiger charge is -2.07. The van der Waals surface area contributed by atoms with Gasteiger partial charge in [0, 0.05) is 21.7 Å². The zero-order chi connectivity index (χ0) is 10.1. The van der Waals surface area contributed by atoms with Crippen molar-refractivity contribution < 1.29 is 14.7 Å². The molecule has 1 aliphatic rings. The maximum absolute atomic E-state index is 11.4. The van der Waals surface area contributed by atoms with E-state index in [2.05, 4.69) is 0 Å². The van der Waals surface area contributed by atoms with E-state index < -0.39 is 5.97 Å². The Hall–Kier alpha value is -1.16. The van der Waals surface area contributed by atoms with Crippen molar-refractivity contribution in [2.24, 2.45) is 0 Å². The van der Waals surface area contributed by atoms with E-state index in [4.69, 9.17) is 5.11 Å². The molecule has 1 aromatic rings. The number of hydrogen-bond acceptors (Lipinski definition) is 3. The molecule has 0 aliphatic heterocycles. The second kappa shape index (κ2) is 3.53. The van der Waals surface area contributed by atoms with Crippen molar-refractivity contribution in [2.75, 3.05) is 0 Å². The Balaban J connectivity index is 2.30.